The summed E-state index contributed by atoms with van der Waals surface area (Å²) in [5, 5.41) is 3.16. The van der Waals surface area contributed by atoms with E-state index in [2.05, 4.69) is 5.32 Å². The summed E-state index contributed by atoms with van der Waals surface area (Å²) in [6.07, 6.45) is 6.95. The molecule has 0 radical (unpaired) electrons. The number of hydrogen-bond donors (Lipinski definition) is 1. The quantitative estimate of drug-likeness (QED) is 0.410. The van der Waals surface area contributed by atoms with E-state index in [-0.39, 0.29) is 49.5 Å². The third-order valence-corrected chi connectivity index (χ3v) is 8.23. The smallest absolute Gasteiger partial charge is 0.243 e. The van der Waals surface area contributed by atoms with Crippen LogP contribution in [0, 0.1) is 12.7 Å². The molecule has 1 N–H and O–H groups in total. The highest BCUT2D eigenvalue weighted by atomic mass is 32.2. The van der Waals surface area contributed by atoms with Gasteiger partial charge in [-0.25, -0.2) is 12.8 Å². The number of carbonyl (C=O) groups is 2. The van der Waals surface area contributed by atoms with Crippen LogP contribution in [0.3, 0.4) is 0 Å². The van der Waals surface area contributed by atoms with Gasteiger partial charge in [0.05, 0.1) is 11.9 Å². The first-order chi connectivity index (χ1) is 18.1. The number of rotatable bonds is 12. The molecule has 2 aromatic carbocycles. The predicted octanol–water partition coefficient (Wildman–Crippen LogP) is 4.94. The molecule has 2 aromatic rings. The Morgan fingerprint density at radius 1 is 1.08 bits per heavy atom. The van der Waals surface area contributed by atoms with Gasteiger partial charge in [-0.05, 0) is 50.3 Å². The number of anilines is 1. The maximum absolute atomic E-state index is 14.4. The van der Waals surface area contributed by atoms with Crippen molar-refractivity contribution in [2.24, 2.45) is 0 Å². The fourth-order valence-electron chi connectivity index (χ4n) is 5.11. The molecule has 3 rings (SSSR count). The molecule has 0 spiro atoms. The molecule has 38 heavy (non-hydrogen) atoms. The van der Waals surface area contributed by atoms with Gasteiger partial charge < -0.3 is 10.2 Å². The first-order valence-electron chi connectivity index (χ1n) is 13.5. The molecular formula is C29H40FN3O4S. The summed E-state index contributed by atoms with van der Waals surface area (Å²) in [4.78, 5) is 28.5. The average molecular weight is 546 g/mol. The van der Waals surface area contributed by atoms with Crippen LogP contribution in [0.25, 0.3) is 0 Å². The van der Waals surface area contributed by atoms with E-state index in [1.54, 1.807) is 11.0 Å². The molecular weight excluding hydrogens is 505 g/mol. The summed E-state index contributed by atoms with van der Waals surface area (Å²) in [6, 6.07) is 13.0. The summed E-state index contributed by atoms with van der Waals surface area (Å²) in [7, 11) is -3.76. The van der Waals surface area contributed by atoms with Crippen molar-refractivity contribution < 1.29 is 22.4 Å². The average Bonchev–Trinajstić information content (AvgIpc) is 2.87. The molecule has 0 aromatic heterocycles. The molecule has 1 saturated carbocycles. The summed E-state index contributed by atoms with van der Waals surface area (Å²) in [6.45, 7) is 4.10. The Balaban J connectivity index is 1.76. The van der Waals surface area contributed by atoms with Crippen molar-refractivity contribution in [3.05, 3.63) is 65.5 Å². The summed E-state index contributed by atoms with van der Waals surface area (Å²) < 4.78 is 40.2. The standard InChI is InChI=1S/C29H40FN3O4S/c1-4-26(29(35)31-24-14-6-5-7-15-24)32(21-23-13-10-12-22(2)20-23)28(34)18-11-19-33(38(3,36)37)27-17-9-8-16-25(27)30/h8-10,12-13,16-17,20,24,26H,4-7,11,14-15,18-19,21H2,1-3H3,(H,31,35)/t26-/m0/s1. The molecule has 1 aliphatic rings. The molecule has 9 heteroatoms. The Morgan fingerprint density at radius 2 is 1.79 bits per heavy atom. The van der Waals surface area contributed by atoms with Crippen molar-refractivity contribution in [1.82, 2.24) is 10.2 Å². The van der Waals surface area contributed by atoms with Gasteiger partial charge in [0.1, 0.15) is 11.9 Å². The molecule has 2 amide bonds. The van der Waals surface area contributed by atoms with Crippen molar-refractivity contribution in [3.63, 3.8) is 0 Å². The molecule has 1 aliphatic carbocycles. The maximum atomic E-state index is 14.4. The molecule has 0 aliphatic heterocycles. The van der Waals surface area contributed by atoms with Gasteiger partial charge in [0.25, 0.3) is 0 Å². The maximum Gasteiger partial charge on any atom is 0.243 e. The third kappa shape index (κ3) is 8.28. The lowest BCUT2D eigenvalue weighted by atomic mass is 9.95. The van der Waals surface area contributed by atoms with Gasteiger partial charge in [0, 0.05) is 25.6 Å². The van der Waals surface area contributed by atoms with Crippen molar-refractivity contribution in [1.29, 1.82) is 0 Å². The normalized spacial score (nSPS) is 15.1. The van der Waals surface area contributed by atoms with Crippen molar-refractivity contribution in [2.75, 3.05) is 17.1 Å². The number of nitrogens with zero attached hydrogens (tertiary/aromatic N) is 2. The van der Waals surface area contributed by atoms with Gasteiger partial charge in [-0.2, -0.15) is 0 Å². The molecule has 0 bridgehead atoms. The van der Waals surface area contributed by atoms with E-state index in [0.29, 0.717) is 6.42 Å². The van der Waals surface area contributed by atoms with Crippen molar-refractivity contribution >= 4 is 27.5 Å². The zero-order valence-electron chi connectivity index (χ0n) is 22.7. The number of benzene rings is 2. The Bertz CT molecular complexity index is 1200. The van der Waals surface area contributed by atoms with Gasteiger partial charge in [-0.3, -0.25) is 13.9 Å². The van der Waals surface area contributed by atoms with E-state index >= 15 is 0 Å². The van der Waals surface area contributed by atoms with Crippen LogP contribution in [0.1, 0.15) is 69.4 Å². The lowest BCUT2D eigenvalue weighted by Crippen LogP contribution is -2.51. The molecule has 0 saturated heterocycles. The number of aryl methyl sites for hydroxylation is 1. The highest BCUT2D eigenvalue weighted by molar-refractivity contribution is 7.92. The SMILES string of the molecule is CC[C@@H](C(=O)NC1CCCCC1)N(Cc1cccc(C)c1)C(=O)CCCN(c1ccccc1F)S(C)(=O)=O. The molecule has 1 fully saturated rings. The Kier molecular flexibility index (Phi) is 10.7. The number of hydrogen-bond acceptors (Lipinski definition) is 4. The zero-order chi connectivity index (χ0) is 27.7. The Hall–Kier alpha value is -2.94. The monoisotopic (exact) mass is 545 g/mol. The van der Waals surface area contributed by atoms with E-state index in [0.717, 1.165) is 47.4 Å². The highest BCUT2D eigenvalue weighted by Gasteiger charge is 2.30. The van der Waals surface area contributed by atoms with E-state index in [1.807, 2.05) is 38.1 Å². The van der Waals surface area contributed by atoms with Crippen LogP contribution in [-0.2, 0) is 26.2 Å². The molecule has 7 nitrogen and oxygen atoms in total. The lowest BCUT2D eigenvalue weighted by molar-refractivity contribution is -0.141. The second kappa shape index (κ2) is 13.7. The van der Waals surface area contributed by atoms with E-state index in [1.165, 1.54) is 24.6 Å². The van der Waals surface area contributed by atoms with E-state index in [9.17, 15) is 22.4 Å². The number of halogens is 1. The summed E-state index contributed by atoms with van der Waals surface area (Å²) in [5.74, 6) is -1.03. The lowest BCUT2D eigenvalue weighted by Gasteiger charge is -2.33. The molecule has 0 unspecified atom stereocenters. The number of para-hydroxylation sites is 1. The van der Waals surface area contributed by atoms with Gasteiger partial charge in [-0.15, -0.1) is 0 Å². The molecule has 0 heterocycles. The van der Waals surface area contributed by atoms with Crippen LogP contribution in [0.2, 0.25) is 0 Å². The summed E-state index contributed by atoms with van der Waals surface area (Å²) in [5.41, 5.74) is 1.94. The van der Waals surface area contributed by atoms with Crippen LogP contribution in [-0.4, -0.2) is 50.0 Å². The van der Waals surface area contributed by atoms with Crippen LogP contribution < -0.4 is 9.62 Å². The number of sulfonamides is 1. The van der Waals surface area contributed by atoms with E-state index < -0.39 is 21.9 Å². The minimum Gasteiger partial charge on any atom is -0.352 e. The van der Waals surface area contributed by atoms with Gasteiger partial charge in [0.2, 0.25) is 21.8 Å². The fourth-order valence-corrected chi connectivity index (χ4v) is 6.07. The zero-order valence-corrected chi connectivity index (χ0v) is 23.5. The molecule has 1 atom stereocenters. The highest BCUT2D eigenvalue weighted by Crippen LogP contribution is 2.23. The van der Waals surface area contributed by atoms with Crippen LogP contribution in [0.15, 0.2) is 48.5 Å². The Morgan fingerprint density at radius 3 is 2.42 bits per heavy atom. The van der Waals surface area contributed by atoms with Crippen LogP contribution in [0.4, 0.5) is 10.1 Å². The van der Waals surface area contributed by atoms with Gasteiger partial charge in [-0.1, -0.05) is 68.1 Å². The largest absolute Gasteiger partial charge is 0.352 e. The topological polar surface area (TPSA) is 86.8 Å². The first-order valence-corrected chi connectivity index (χ1v) is 15.3. The fraction of sp³-hybridized carbons (Fsp3) is 0.517. The minimum atomic E-state index is -3.76. The summed E-state index contributed by atoms with van der Waals surface area (Å²) >= 11 is 0. The first kappa shape index (κ1) is 29.6. The Labute approximate surface area is 226 Å². The third-order valence-electron chi connectivity index (χ3n) is 7.05. The number of nitrogens with one attached hydrogen (secondary N) is 1. The van der Waals surface area contributed by atoms with Crippen molar-refractivity contribution in [2.45, 2.75) is 83.8 Å². The number of amides is 2. The molecule has 208 valence electrons. The van der Waals surface area contributed by atoms with Crippen LogP contribution in [0.5, 0.6) is 0 Å². The van der Waals surface area contributed by atoms with Gasteiger partial charge in [0.15, 0.2) is 0 Å². The number of carbonyl (C=O) groups excluding carboxylic acids is 2. The van der Waals surface area contributed by atoms with Crippen molar-refractivity contribution in [3.8, 4) is 0 Å². The van der Waals surface area contributed by atoms with E-state index in [4.69, 9.17) is 0 Å². The second-order valence-corrected chi connectivity index (χ2v) is 12.1. The minimum absolute atomic E-state index is 0.0273. The van der Waals surface area contributed by atoms with Gasteiger partial charge >= 0.3 is 0 Å². The second-order valence-electron chi connectivity index (χ2n) is 10.2. The van der Waals surface area contributed by atoms with Crippen LogP contribution >= 0.6 is 0 Å². The predicted molar refractivity (Wildman–Crippen MR) is 149 cm³/mol.